The van der Waals surface area contributed by atoms with Crippen LogP contribution in [0.25, 0.3) is 0 Å². The van der Waals surface area contributed by atoms with Gasteiger partial charge >= 0.3 is 0 Å². The summed E-state index contributed by atoms with van der Waals surface area (Å²) in [5, 5.41) is 0.429. The summed E-state index contributed by atoms with van der Waals surface area (Å²) in [6.07, 6.45) is 4.17. The van der Waals surface area contributed by atoms with Gasteiger partial charge in [0, 0.05) is 31.5 Å². The number of carbonyl (C=O) groups excluding carboxylic acids is 1. The smallest absolute Gasteiger partial charge is 0.255 e. The van der Waals surface area contributed by atoms with E-state index in [2.05, 4.69) is 23.7 Å². The Bertz CT molecular complexity index is 448. The molecule has 1 aliphatic rings. The van der Waals surface area contributed by atoms with Gasteiger partial charge in [-0.3, -0.25) is 14.7 Å². The van der Waals surface area contributed by atoms with Gasteiger partial charge < -0.3 is 4.90 Å². The fourth-order valence-corrected chi connectivity index (χ4v) is 2.88. The summed E-state index contributed by atoms with van der Waals surface area (Å²) in [6.45, 7) is 7.97. The van der Waals surface area contributed by atoms with Crippen LogP contribution in [0.5, 0.6) is 0 Å². The minimum atomic E-state index is 0.0158. The first-order chi connectivity index (χ1) is 9.17. The van der Waals surface area contributed by atoms with Gasteiger partial charge in [0.05, 0.1) is 10.6 Å². The lowest BCUT2D eigenvalue weighted by Gasteiger charge is -2.26. The van der Waals surface area contributed by atoms with Crippen molar-refractivity contribution in [1.82, 2.24) is 14.8 Å². The van der Waals surface area contributed by atoms with Gasteiger partial charge in [-0.1, -0.05) is 25.4 Å². The Hall–Kier alpha value is -1.13. The highest BCUT2D eigenvalue weighted by Gasteiger charge is 2.30. The molecule has 5 heteroatoms. The van der Waals surface area contributed by atoms with Gasteiger partial charge in [0.2, 0.25) is 0 Å². The number of hydrogen-bond donors (Lipinski definition) is 0. The molecular weight excluding hydrogens is 262 g/mol. The zero-order valence-corrected chi connectivity index (χ0v) is 12.2. The minimum Gasteiger partial charge on any atom is -0.337 e. The number of amides is 1. The van der Waals surface area contributed by atoms with E-state index in [0.29, 0.717) is 16.6 Å². The number of likely N-dealkylation sites (N-methyl/N-ethyl adjacent to an activating group) is 1. The van der Waals surface area contributed by atoms with Gasteiger partial charge in [-0.15, -0.1) is 0 Å². The second-order valence-corrected chi connectivity index (χ2v) is 5.18. The van der Waals surface area contributed by atoms with Crippen molar-refractivity contribution in [3.63, 3.8) is 0 Å². The average Bonchev–Trinajstić information content (AvgIpc) is 2.90. The SMILES string of the molecule is CCN(CC)C1CCN(C(=O)c2ccncc2Cl)C1. The molecule has 1 aromatic heterocycles. The molecule has 1 saturated heterocycles. The summed E-state index contributed by atoms with van der Waals surface area (Å²) >= 11 is 6.03. The predicted octanol–water partition coefficient (Wildman–Crippen LogP) is 2.29. The third-order valence-electron chi connectivity index (χ3n) is 3.78. The molecule has 1 atom stereocenters. The van der Waals surface area contributed by atoms with E-state index in [1.54, 1.807) is 12.3 Å². The van der Waals surface area contributed by atoms with Crippen molar-refractivity contribution in [2.24, 2.45) is 0 Å². The second kappa shape index (κ2) is 6.35. The van der Waals surface area contributed by atoms with Gasteiger partial charge in [0.1, 0.15) is 0 Å². The predicted molar refractivity (Wildman–Crippen MR) is 76.5 cm³/mol. The number of carbonyl (C=O) groups is 1. The number of halogens is 1. The molecule has 2 heterocycles. The van der Waals surface area contributed by atoms with Gasteiger partial charge in [0.15, 0.2) is 0 Å². The molecule has 0 N–H and O–H groups in total. The Morgan fingerprint density at radius 1 is 1.53 bits per heavy atom. The Morgan fingerprint density at radius 2 is 2.26 bits per heavy atom. The van der Waals surface area contributed by atoms with Crippen LogP contribution in [0.3, 0.4) is 0 Å². The van der Waals surface area contributed by atoms with Crippen molar-refractivity contribution in [2.75, 3.05) is 26.2 Å². The van der Waals surface area contributed by atoms with Crippen molar-refractivity contribution in [1.29, 1.82) is 0 Å². The molecule has 2 rings (SSSR count). The summed E-state index contributed by atoms with van der Waals surface area (Å²) in [5.41, 5.74) is 0.553. The van der Waals surface area contributed by atoms with Gasteiger partial charge in [-0.25, -0.2) is 0 Å². The van der Waals surface area contributed by atoms with Crippen molar-refractivity contribution >= 4 is 17.5 Å². The van der Waals surface area contributed by atoms with Crippen molar-refractivity contribution in [3.05, 3.63) is 29.0 Å². The molecule has 1 unspecified atom stereocenters. The summed E-state index contributed by atoms with van der Waals surface area (Å²) in [7, 11) is 0. The molecule has 0 aliphatic carbocycles. The first-order valence-corrected chi connectivity index (χ1v) is 7.18. The molecule has 1 aromatic rings. The third-order valence-corrected chi connectivity index (χ3v) is 4.08. The Kier molecular flexibility index (Phi) is 4.77. The number of likely N-dealkylation sites (tertiary alicyclic amines) is 1. The lowest BCUT2D eigenvalue weighted by atomic mass is 10.2. The maximum Gasteiger partial charge on any atom is 0.255 e. The van der Waals surface area contributed by atoms with E-state index in [4.69, 9.17) is 11.6 Å². The molecule has 4 nitrogen and oxygen atoms in total. The van der Waals surface area contributed by atoms with Crippen LogP contribution in [0, 0.1) is 0 Å². The molecule has 0 radical (unpaired) electrons. The van der Waals surface area contributed by atoms with Gasteiger partial charge in [0.25, 0.3) is 5.91 Å². The monoisotopic (exact) mass is 281 g/mol. The standard InChI is InChI=1S/C14H20ClN3O/c1-3-17(4-2)11-6-8-18(10-11)14(19)12-5-7-16-9-13(12)15/h5,7,9,11H,3-4,6,8,10H2,1-2H3. The normalized spacial score (nSPS) is 19.2. The first kappa shape index (κ1) is 14.3. The summed E-state index contributed by atoms with van der Waals surface area (Å²) in [6, 6.07) is 2.16. The average molecular weight is 282 g/mol. The molecule has 104 valence electrons. The number of rotatable bonds is 4. The van der Waals surface area contributed by atoms with Crippen LogP contribution in [0.2, 0.25) is 5.02 Å². The van der Waals surface area contributed by atoms with Crippen LogP contribution >= 0.6 is 11.6 Å². The molecule has 0 bridgehead atoms. The van der Waals surface area contributed by atoms with E-state index >= 15 is 0 Å². The molecule has 0 spiro atoms. The number of hydrogen-bond acceptors (Lipinski definition) is 3. The lowest BCUT2D eigenvalue weighted by Crippen LogP contribution is -2.38. The topological polar surface area (TPSA) is 36.4 Å². The van der Waals surface area contributed by atoms with Crippen LogP contribution in [-0.2, 0) is 0 Å². The number of aromatic nitrogens is 1. The largest absolute Gasteiger partial charge is 0.337 e. The fraction of sp³-hybridized carbons (Fsp3) is 0.571. The zero-order chi connectivity index (χ0) is 13.8. The van der Waals surface area contributed by atoms with Crippen molar-refractivity contribution < 1.29 is 4.79 Å². The van der Waals surface area contributed by atoms with Gasteiger partial charge in [-0.2, -0.15) is 0 Å². The van der Waals surface area contributed by atoms with Crippen LogP contribution < -0.4 is 0 Å². The summed E-state index contributed by atoms with van der Waals surface area (Å²) in [4.78, 5) is 20.6. The maximum absolute atomic E-state index is 12.4. The first-order valence-electron chi connectivity index (χ1n) is 6.80. The summed E-state index contributed by atoms with van der Waals surface area (Å²) in [5.74, 6) is 0.0158. The highest BCUT2D eigenvalue weighted by atomic mass is 35.5. The molecule has 0 aromatic carbocycles. The van der Waals surface area contributed by atoms with E-state index in [1.807, 2.05) is 4.90 Å². The highest BCUT2D eigenvalue weighted by Crippen LogP contribution is 2.21. The fourth-order valence-electron chi connectivity index (χ4n) is 2.68. The van der Waals surface area contributed by atoms with E-state index in [1.165, 1.54) is 6.20 Å². The van der Waals surface area contributed by atoms with Crippen LogP contribution in [0.15, 0.2) is 18.5 Å². The zero-order valence-electron chi connectivity index (χ0n) is 11.5. The molecule has 0 saturated carbocycles. The highest BCUT2D eigenvalue weighted by molar-refractivity contribution is 6.33. The molecule has 1 fully saturated rings. The maximum atomic E-state index is 12.4. The Balaban J connectivity index is 2.05. The Labute approximate surface area is 119 Å². The lowest BCUT2D eigenvalue weighted by molar-refractivity contribution is 0.0778. The molecule has 1 amide bonds. The van der Waals surface area contributed by atoms with E-state index in [-0.39, 0.29) is 5.91 Å². The van der Waals surface area contributed by atoms with Crippen LogP contribution in [0.1, 0.15) is 30.6 Å². The Morgan fingerprint density at radius 3 is 2.89 bits per heavy atom. The molecule has 19 heavy (non-hydrogen) atoms. The minimum absolute atomic E-state index is 0.0158. The van der Waals surface area contributed by atoms with Gasteiger partial charge in [-0.05, 0) is 25.6 Å². The van der Waals surface area contributed by atoms with E-state index in [0.717, 1.165) is 32.6 Å². The quantitative estimate of drug-likeness (QED) is 0.850. The van der Waals surface area contributed by atoms with Crippen molar-refractivity contribution in [3.8, 4) is 0 Å². The summed E-state index contributed by atoms with van der Waals surface area (Å²) < 4.78 is 0. The van der Waals surface area contributed by atoms with Crippen LogP contribution in [-0.4, -0.2) is 52.9 Å². The van der Waals surface area contributed by atoms with Crippen LogP contribution in [0.4, 0.5) is 0 Å². The number of pyridine rings is 1. The molecule has 1 aliphatic heterocycles. The number of nitrogens with zero attached hydrogens (tertiary/aromatic N) is 3. The third kappa shape index (κ3) is 3.07. The van der Waals surface area contributed by atoms with E-state index < -0.39 is 0 Å². The molecular formula is C14H20ClN3O. The van der Waals surface area contributed by atoms with E-state index in [9.17, 15) is 4.79 Å². The van der Waals surface area contributed by atoms with Crippen molar-refractivity contribution in [2.45, 2.75) is 26.3 Å². The second-order valence-electron chi connectivity index (χ2n) is 4.77.